The molecule has 4 rings (SSSR count). The Hall–Kier alpha value is -1.78. The lowest BCUT2D eigenvalue weighted by molar-refractivity contribution is -0.0492. The van der Waals surface area contributed by atoms with Crippen LogP contribution in [-0.2, 0) is 30.2 Å². The number of sulfonamides is 1. The van der Waals surface area contributed by atoms with E-state index in [4.69, 9.17) is 11.6 Å². The number of aromatic nitrogens is 2. The maximum atomic E-state index is 13.5. The summed E-state index contributed by atoms with van der Waals surface area (Å²) in [5.41, 5.74) is -3.59. The van der Waals surface area contributed by atoms with Gasteiger partial charge in [-0.15, -0.1) is 0 Å². The Morgan fingerprint density at radius 3 is 2.55 bits per heavy atom. The number of anilines is 1. The van der Waals surface area contributed by atoms with Gasteiger partial charge in [0.2, 0.25) is 0 Å². The molecular formula is C22H28ClF3N4O2S. The summed E-state index contributed by atoms with van der Waals surface area (Å²) in [6.07, 6.45) is 9.51. The highest BCUT2D eigenvalue weighted by Crippen LogP contribution is 2.39. The fraction of sp³-hybridized carbons (Fsp3) is 0.591. The zero-order chi connectivity index (χ0) is 23.8. The lowest BCUT2D eigenvalue weighted by atomic mass is 9.97. The SMILES string of the molecule is Cn1cnc(CN2c3cccc(Cl)c3CN(S(=O)(=O)C(F)(F)F)C[C@H]2CCC2CCCC2)c1. The van der Waals surface area contributed by atoms with Gasteiger partial charge in [0, 0.05) is 48.6 Å². The average molecular weight is 505 g/mol. The maximum Gasteiger partial charge on any atom is 0.511 e. The van der Waals surface area contributed by atoms with Gasteiger partial charge in [-0.05, 0) is 30.9 Å². The smallest absolute Gasteiger partial charge is 0.361 e. The first-order chi connectivity index (χ1) is 15.6. The largest absolute Gasteiger partial charge is 0.511 e. The molecule has 0 unspecified atom stereocenters. The van der Waals surface area contributed by atoms with Gasteiger partial charge in [0.15, 0.2) is 0 Å². The van der Waals surface area contributed by atoms with Crippen LogP contribution in [0.1, 0.15) is 49.8 Å². The number of nitrogens with zero attached hydrogens (tertiary/aromatic N) is 4. The third kappa shape index (κ3) is 5.17. The van der Waals surface area contributed by atoms with E-state index < -0.39 is 28.1 Å². The molecule has 1 aromatic carbocycles. The van der Waals surface area contributed by atoms with Crippen LogP contribution in [0, 0.1) is 5.92 Å². The molecule has 33 heavy (non-hydrogen) atoms. The number of hydrogen-bond donors (Lipinski definition) is 0. The maximum absolute atomic E-state index is 13.5. The first-order valence-corrected chi connectivity index (χ1v) is 13.0. The number of halogens is 4. The van der Waals surface area contributed by atoms with Crippen molar-refractivity contribution in [3.8, 4) is 0 Å². The van der Waals surface area contributed by atoms with Gasteiger partial charge in [-0.1, -0.05) is 43.4 Å². The normalized spacial score (nSPS) is 20.8. The third-order valence-electron chi connectivity index (χ3n) is 6.70. The van der Waals surface area contributed by atoms with Crippen LogP contribution in [0.2, 0.25) is 5.02 Å². The Balaban J connectivity index is 1.75. The lowest BCUT2D eigenvalue weighted by Gasteiger charge is -2.34. The van der Waals surface area contributed by atoms with Crippen LogP contribution in [0.5, 0.6) is 0 Å². The second-order valence-electron chi connectivity index (χ2n) is 9.02. The van der Waals surface area contributed by atoms with Gasteiger partial charge in [-0.3, -0.25) is 0 Å². The molecule has 0 N–H and O–H groups in total. The van der Waals surface area contributed by atoms with Gasteiger partial charge in [0.05, 0.1) is 18.6 Å². The molecule has 1 saturated carbocycles. The van der Waals surface area contributed by atoms with Gasteiger partial charge in [0.1, 0.15) is 0 Å². The number of aryl methyl sites for hydroxylation is 1. The van der Waals surface area contributed by atoms with E-state index in [0.29, 0.717) is 34.4 Å². The molecule has 0 radical (unpaired) electrons. The first-order valence-electron chi connectivity index (χ1n) is 11.1. The minimum Gasteiger partial charge on any atom is -0.361 e. The number of benzene rings is 1. The molecule has 11 heteroatoms. The molecule has 1 fully saturated rings. The van der Waals surface area contributed by atoms with Gasteiger partial charge < -0.3 is 9.47 Å². The van der Waals surface area contributed by atoms with Crippen LogP contribution in [0.25, 0.3) is 0 Å². The van der Waals surface area contributed by atoms with Crippen molar-refractivity contribution >= 4 is 27.3 Å². The number of fused-ring (bicyclic) bond motifs is 1. The topological polar surface area (TPSA) is 58.4 Å². The van der Waals surface area contributed by atoms with Crippen LogP contribution in [0.3, 0.4) is 0 Å². The van der Waals surface area contributed by atoms with Gasteiger partial charge in [-0.2, -0.15) is 17.5 Å². The van der Waals surface area contributed by atoms with E-state index >= 15 is 0 Å². The molecule has 1 aliphatic carbocycles. The summed E-state index contributed by atoms with van der Waals surface area (Å²) in [6.45, 7) is -0.328. The molecule has 1 aromatic heterocycles. The third-order valence-corrected chi connectivity index (χ3v) is 8.60. The fourth-order valence-electron chi connectivity index (χ4n) is 4.99. The standard InChI is InChI=1S/C22H28ClF3N4O2S/c1-28-11-17(27-15-28)12-30-18(10-9-16-5-2-3-6-16)13-29(33(31,32)22(24,25)26)14-19-20(23)7-4-8-21(19)30/h4,7-8,11,15-16,18H,2-3,5-6,9-10,12-14H2,1H3/t18-/m1/s1. The molecule has 1 aliphatic heterocycles. The molecule has 2 heterocycles. The summed E-state index contributed by atoms with van der Waals surface area (Å²) in [5, 5.41) is 0.248. The average Bonchev–Trinajstić information content (AvgIpc) is 3.37. The number of rotatable bonds is 6. The van der Waals surface area contributed by atoms with Crippen molar-refractivity contribution in [1.82, 2.24) is 13.9 Å². The molecule has 0 saturated heterocycles. The van der Waals surface area contributed by atoms with Crippen LogP contribution < -0.4 is 4.90 Å². The summed E-state index contributed by atoms with van der Waals surface area (Å²) in [7, 11) is -3.67. The van der Waals surface area contributed by atoms with Crippen LogP contribution >= 0.6 is 11.6 Å². The zero-order valence-corrected chi connectivity index (χ0v) is 20.0. The quantitative estimate of drug-likeness (QED) is 0.550. The zero-order valence-electron chi connectivity index (χ0n) is 18.4. The van der Waals surface area contributed by atoms with Crippen molar-refractivity contribution in [3.05, 3.63) is 47.0 Å². The van der Waals surface area contributed by atoms with Crippen molar-refractivity contribution in [2.24, 2.45) is 13.0 Å². The van der Waals surface area contributed by atoms with Crippen LogP contribution in [0.15, 0.2) is 30.7 Å². The monoisotopic (exact) mass is 504 g/mol. The Morgan fingerprint density at radius 2 is 1.91 bits per heavy atom. The van der Waals surface area contributed by atoms with Crippen molar-refractivity contribution in [2.45, 2.75) is 63.2 Å². The highest BCUT2D eigenvalue weighted by Gasteiger charge is 2.51. The van der Waals surface area contributed by atoms with E-state index in [9.17, 15) is 21.6 Å². The van der Waals surface area contributed by atoms with E-state index in [2.05, 4.69) is 4.98 Å². The van der Waals surface area contributed by atoms with E-state index in [1.165, 1.54) is 12.8 Å². The highest BCUT2D eigenvalue weighted by molar-refractivity contribution is 7.89. The van der Waals surface area contributed by atoms with E-state index in [1.54, 1.807) is 29.1 Å². The van der Waals surface area contributed by atoms with Gasteiger partial charge >= 0.3 is 15.5 Å². The fourth-order valence-corrected chi connectivity index (χ4v) is 6.17. The molecular weight excluding hydrogens is 477 g/mol. The van der Waals surface area contributed by atoms with E-state index in [0.717, 1.165) is 25.0 Å². The predicted octanol–water partition coefficient (Wildman–Crippen LogP) is 5.08. The van der Waals surface area contributed by atoms with Crippen molar-refractivity contribution < 1.29 is 21.6 Å². The van der Waals surface area contributed by atoms with Gasteiger partial charge in [0.25, 0.3) is 0 Å². The molecule has 0 amide bonds. The molecule has 2 aliphatic rings. The molecule has 1 atom stereocenters. The molecule has 2 aromatic rings. The van der Waals surface area contributed by atoms with Crippen molar-refractivity contribution in [1.29, 1.82) is 0 Å². The Bertz CT molecular complexity index is 1080. The molecule has 6 nitrogen and oxygen atoms in total. The number of imidazole rings is 1. The summed E-state index contributed by atoms with van der Waals surface area (Å²) < 4.78 is 67.9. The highest BCUT2D eigenvalue weighted by atomic mass is 35.5. The second kappa shape index (κ2) is 9.46. The summed E-state index contributed by atoms with van der Waals surface area (Å²) in [4.78, 5) is 6.38. The van der Waals surface area contributed by atoms with E-state index in [-0.39, 0.29) is 11.6 Å². The summed E-state index contributed by atoms with van der Waals surface area (Å²) in [6, 6.07) is 4.69. The molecule has 0 bridgehead atoms. The minimum absolute atomic E-state index is 0.248. The lowest BCUT2D eigenvalue weighted by Crippen LogP contribution is -2.47. The van der Waals surface area contributed by atoms with Gasteiger partial charge in [-0.25, -0.2) is 13.4 Å². The number of hydrogen-bond acceptors (Lipinski definition) is 4. The Morgan fingerprint density at radius 1 is 1.18 bits per heavy atom. The molecule has 182 valence electrons. The Kier molecular flexibility index (Phi) is 6.98. The van der Waals surface area contributed by atoms with E-state index in [1.807, 2.05) is 18.1 Å². The Labute approximate surface area is 197 Å². The van der Waals surface area contributed by atoms with Crippen molar-refractivity contribution in [2.75, 3.05) is 11.4 Å². The van der Waals surface area contributed by atoms with Crippen LogP contribution in [-0.4, -0.2) is 40.4 Å². The first kappa shape index (κ1) is 24.3. The minimum atomic E-state index is -5.52. The van der Waals surface area contributed by atoms with Crippen molar-refractivity contribution in [3.63, 3.8) is 0 Å². The molecule has 0 spiro atoms. The predicted molar refractivity (Wildman–Crippen MR) is 121 cm³/mol. The summed E-state index contributed by atoms with van der Waals surface area (Å²) >= 11 is 6.40. The summed E-state index contributed by atoms with van der Waals surface area (Å²) in [5.74, 6) is 0.524. The number of alkyl halides is 3. The second-order valence-corrected chi connectivity index (χ2v) is 11.4. The van der Waals surface area contributed by atoms with Crippen LogP contribution in [0.4, 0.5) is 18.9 Å².